The number of methoxy groups -OCH3 is 1. The number of nitrogens with zero attached hydrogens (tertiary/aromatic N) is 4. The Labute approximate surface area is 187 Å². The van der Waals surface area contributed by atoms with Crippen molar-refractivity contribution >= 4 is 5.91 Å². The number of para-hydroxylation sites is 1. The second-order valence-electron chi connectivity index (χ2n) is 7.96. The number of benzene rings is 2. The maximum atomic E-state index is 14.9. The van der Waals surface area contributed by atoms with Gasteiger partial charge in [0.25, 0.3) is 0 Å². The number of nitrogens with two attached hydrogens (primary N) is 1. The highest BCUT2D eigenvalue weighted by atomic mass is 19.1. The van der Waals surface area contributed by atoms with E-state index in [-0.39, 0.29) is 11.7 Å². The van der Waals surface area contributed by atoms with E-state index >= 15 is 0 Å². The van der Waals surface area contributed by atoms with Crippen molar-refractivity contribution in [2.45, 2.75) is 13.0 Å². The van der Waals surface area contributed by atoms with E-state index in [4.69, 9.17) is 15.6 Å². The van der Waals surface area contributed by atoms with E-state index < -0.39 is 0 Å². The second-order valence-corrected chi connectivity index (χ2v) is 7.96. The van der Waals surface area contributed by atoms with Gasteiger partial charge in [0.2, 0.25) is 5.91 Å². The fourth-order valence-electron chi connectivity index (χ4n) is 3.96. The van der Waals surface area contributed by atoms with Gasteiger partial charge in [0.15, 0.2) is 0 Å². The Morgan fingerprint density at radius 2 is 1.81 bits per heavy atom. The minimum Gasteiger partial charge on any atom is -0.497 e. The third kappa shape index (κ3) is 5.15. The molecule has 1 amide bonds. The van der Waals surface area contributed by atoms with E-state index in [1.165, 1.54) is 13.2 Å². The average Bonchev–Trinajstić information content (AvgIpc) is 3.22. The first-order valence-corrected chi connectivity index (χ1v) is 10.7. The molecule has 32 heavy (non-hydrogen) atoms. The minimum absolute atomic E-state index is 0.271. The lowest BCUT2D eigenvalue weighted by atomic mass is 10.1. The van der Waals surface area contributed by atoms with E-state index in [0.717, 1.165) is 37.4 Å². The predicted molar refractivity (Wildman–Crippen MR) is 121 cm³/mol. The zero-order valence-corrected chi connectivity index (χ0v) is 18.2. The van der Waals surface area contributed by atoms with Gasteiger partial charge in [0, 0.05) is 69.1 Å². The number of halogens is 1. The molecule has 1 saturated heterocycles. The molecule has 168 valence electrons. The topological polar surface area (TPSA) is 76.6 Å². The predicted octanol–water partition coefficient (Wildman–Crippen LogP) is 2.68. The van der Waals surface area contributed by atoms with Gasteiger partial charge in [-0.2, -0.15) is 5.10 Å². The van der Waals surface area contributed by atoms with Gasteiger partial charge in [-0.05, 0) is 24.3 Å². The van der Waals surface area contributed by atoms with Crippen LogP contribution in [0.3, 0.4) is 0 Å². The van der Waals surface area contributed by atoms with E-state index in [1.54, 1.807) is 16.8 Å². The van der Waals surface area contributed by atoms with Gasteiger partial charge in [0.05, 0.1) is 12.8 Å². The normalized spacial score (nSPS) is 15.1. The second kappa shape index (κ2) is 9.93. The first-order valence-electron chi connectivity index (χ1n) is 10.7. The summed E-state index contributed by atoms with van der Waals surface area (Å²) >= 11 is 0. The monoisotopic (exact) mass is 437 g/mol. The van der Waals surface area contributed by atoms with Crippen LogP contribution in [0.2, 0.25) is 0 Å². The zero-order chi connectivity index (χ0) is 22.5. The molecule has 0 radical (unpaired) electrons. The van der Waals surface area contributed by atoms with Crippen LogP contribution < -0.4 is 10.5 Å². The maximum absolute atomic E-state index is 14.9. The Balaban J connectivity index is 1.57. The molecular formula is C24H28FN5O2. The first-order chi connectivity index (χ1) is 15.5. The number of aromatic nitrogens is 2. The molecule has 0 saturated carbocycles. The molecule has 0 unspecified atom stereocenters. The van der Waals surface area contributed by atoms with Crippen LogP contribution in [-0.2, 0) is 11.3 Å². The number of amides is 1. The van der Waals surface area contributed by atoms with Crippen LogP contribution in [0.1, 0.15) is 12.0 Å². The number of rotatable bonds is 8. The molecule has 4 rings (SSSR count). The lowest BCUT2D eigenvalue weighted by Gasteiger charge is -2.34. The van der Waals surface area contributed by atoms with Crippen molar-refractivity contribution in [2.24, 2.45) is 5.73 Å². The molecule has 2 aromatic carbocycles. The molecule has 1 aliphatic heterocycles. The molecule has 3 aromatic rings. The highest BCUT2D eigenvalue weighted by molar-refractivity contribution is 5.73. The number of carbonyl (C=O) groups is 1. The summed E-state index contributed by atoms with van der Waals surface area (Å²) in [6, 6.07) is 14.7. The number of primary amides is 1. The molecule has 0 bridgehead atoms. The lowest BCUT2D eigenvalue weighted by Crippen LogP contribution is -2.46. The Bertz CT molecular complexity index is 1060. The Hall–Kier alpha value is -3.23. The van der Waals surface area contributed by atoms with Crippen molar-refractivity contribution in [1.29, 1.82) is 0 Å². The number of carbonyl (C=O) groups excluding carboxylic acids is 1. The summed E-state index contributed by atoms with van der Waals surface area (Å²) in [5, 5.41) is 4.74. The third-order valence-electron chi connectivity index (χ3n) is 5.78. The summed E-state index contributed by atoms with van der Waals surface area (Å²) < 4.78 is 21.9. The highest BCUT2D eigenvalue weighted by Crippen LogP contribution is 2.29. The van der Waals surface area contributed by atoms with Crippen molar-refractivity contribution in [3.63, 3.8) is 0 Å². The summed E-state index contributed by atoms with van der Waals surface area (Å²) in [6.07, 6.45) is 2.36. The van der Waals surface area contributed by atoms with Crippen LogP contribution in [0.15, 0.2) is 54.7 Å². The van der Waals surface area contributed by atoms with Gasteiger partial charge >= 0.3 is 0 Å². The average molecular weight is 438 g/mol. The van der Waals surface area contributed by atoms with Crippen molar-refractivity contribution in [1.82, 2.24) is 19.6 Å². The van der Waals surface area contributed by atoms with Gasteiger partial charge in [-0.3, -0.25) is 9.69 Å². The molecule has 1 aliphatic rings. The van der Waals surface area contributed by atoms with Crippen molar-refractivity contribution in [3.05, 3.63) is 66.1 Å². The lowest BCUT2D eigenvalue weighted by molar-refractivity contribution is -0.118. The highest BCUT2D eigenvalue weighted by Gasteiger charge is 2.22. The molecule has 0 atom stereocenters. The fourth-order valence-corrected chi connectivity index (χ4v) is 3.96. The summed E-state index contributed by atoms with van der Waals surface area (Å²) in [6.45, 7) is 4.81. The van der Waals surface area contributed by atoms with Crippen LogP contribution in [0.25, 0.3) is 16.9 Å². The SMILES string of the molecule is COc1ccc(-c2nn(-c3ccccc3)cc2CN2CCN(CCC(N)=O)CC2)c(F)c1. The van der Waals surface area contributed by atoms with E-state index in [9.17, 15) is 9.18 Å². The number of piperazine rings is 1. The Morgan fingerprint density at radius 3 is 2.47 bits per heavy atom. The number of hydrogen-bond donors (Lipinski definition) is 1. The van der Waals surface area contributed by atoms with Crippen molar-refractivity contribution < 1.29 is 13.9 Å². The molecule has 2 N–H and O–H groups in total. The van der Waals surface area contributed by atoms with Crippen LogP contribution in [0, 0.1) is 5.82 Å². The third-order valence-corrected chi connectivity index (χ3v) is 5.78. The molecule has 1 aromatic heterocycles. The molecule has 8 heteroatoms. The molecule has 1 fully saturated rings. The zero-order valence-electron chi connectivity index (χ0n) is 18.2. The largest absolute Gasteiger partial charge is 0.497 e. The maximum Gasteiger partial charge on any atom is 0.218 e. The van der Waals surface area contributed by atoms with Gasteiger partial charge in [0.1, 0.15) is 17.3 Å². The van der Waals surface area contributed by atoms with Crippen LogP contribution in [0.5, 0.6) is 5.75 Å². The molecule has 7 nitrogen and oxygen atoms in total. The fraction of sp³-hybridized carbons (Fsp3) is 0.333. The smallest absolute Gasteiger partial charge is 0.218 e. The Morgan fingerprint density at radius 1 is 1.09 bits per heavy atom. The molecule has 0 aliphatic carbocycles. The summed E-state index contributed by atoms with van der Waals surface area (Å²) in [5.41, 5.74) is 8.24. The van der Waals surface area contributed by atoms with E-state index in [1.807, 2.05) is 36.5 Å². The van der Waals surface area contributed by atoms with E-state index in [0.29, 0.717) is 36.5 Å². The molecule has 0 spiro atoms. The summed E-state index contributed by atoms with van der Waals surface area (Å²) in [7, 11) is 1.52. The summed E-state index contributed by atoms with van der Waals surface area (Å²) in [5.74, 6) is -0.158. The van der Waals surface area contributed by atoms with E-state index in [2.05, 4.69) is 9.80 Å². The Kier molecular flexibility index (Phi) is 6.82. The van der Waals surface area contributed by atoms with Crippen LogP contribution >= 0.6 is 0 Å². The van der Waals surface area contributed by atoms with Crippen molar-refractivity contribution in [3.8, 4) is 22.7 Å². The summed E-state index contributed by atoms with van der Waals surface area (Å²) in [4.78, 5) is 15.6. The van der Waals surface area contributed by atoms with Gasteiger partial charge in [-0.15, -0.1) is 0 Å². The first kappa shape index (κ1) is 22.0. The number of hydrogen-bond acceptors (Lipinski definition) is 5. The molecule has 2 heterocycles. The quantitative estimate of drug-likeness (QED) is 0.586. The van der Waals surface area contributed by atoms with Crippen LogP contribution in [-0.4, -0.2) is 65.3 Å². The number of ether oxygens (including phenoxy) is 1. The molecular weight excluding hydrogens is 409 g/mol. The van der Waals surface area contributed by atoms with Gasteiger partial charge < -0.3 is 15.4 Å². The standard InChI is InChI=1S/C24H28FN5O2/c1-32-20-7-8-21(22(25)15-20)24-18(17-30(27-24)19-5-3-2-4-6-19)16-29-13-11-28(12-14-29)10-9-23(26)31/h2-8,15,17H,9-14,16H2,1H3,(H2,26,31). The van der Waals surface area contributed by atoms with Gasteiger partial charge in [-0.25, -0.2) is 9.07 Å². The van der Waals surface area contributed by atoms with Gasteiger partial charge in [-0.1, -0.05) is 18.2 Å². The minimum atomic E-state index is -0.361. The van der Waals surface area contributed by atoms with Crippen LogP contribution in [0.4, 0.5) is 4.39 Å². The van der Waals surface area contributed by atoms with Crippen molar-refractivity contribution in [2.75, 3.05) is 39.8 Å².